The van der Waals surface area contributed by atoms with Crippen molar-refractivity contribution >= 4 is 11.8 Å². The summed E-state index contributed by atoms with van der Waals surface area (Å²) in [6.07, 6.45) is 2.16. The molecular formula is C26H28N4O3. The number of benzene rings is 2. The number of hydrogen-bond acceptors (Lipinski definition) is 4. The van der Waals surface area contributed by atoms with Gasteiger partial charge in [-0.1, -0.05) is 48.5 Å². The van der Waals surface area contributed by atoms with E-state index in [0.29, 0.717) is 38.3 Å². The monoisotopic (exact) mass is 444 g/mol. The van der Waals surface area contributed by atoms with Crippen LogP contribution in [0, 0.1) is 6.92 Å². The normalized spacial score (nSPS) is 13.7. The number of hydrogen-bond donors (Lipinski definition) is 0. The molecule has 0 bridgehead atoms. The molecule has 1 aromatic heterocycles. The number of carbonyl (C=O) groups excluding carboxylic acids is 2. The molecule has 0 atom stereocenters. The fraction of sp³-hybridized carbons (Fsp3) is 0.308. The first-order valence-electron chi connectivity index (χ1n) is 11.3. The van der Waals surface area contributed by atoms with Gasteiger partial charge >= 0.3 is 0 Å². The van der Waals surface area contributed by atoms with Crippen molar-refractivity contribution in [1.82, 2.24) is 19.6 Å². The maximum atomic E-state index is 13.1. The van der Waals surface area contributed by atoms with E-state index in [2.05, 4.69) is 17.2 Å². The summed E-state index contributed by atoms with van der Waals surface area (Å²) in [7, 11) is 0. The number of nitrogens with zero attached hydrogens (tertiary/aromatic N) is 4. The minimum atomic E-state index is -0.388. The molecule has 1 fully saturated rings. The van der Waals surface area contributed by atoms with E-state index in [-0.39, 0.29) is 22.9 Å². The van der Waals surface area contributed by atoms with Crippen molar-refractivity contribution in [2.75, 3.05) is 26.2 Å². The van der Waals surface area contributed by atoms with Crippen molar-refractivity contribution in [3.8, 4) is 5.69 Å². The van der Waals surface area contributed by atoms with Gasteiger partial charge in [0.15, 0.2) is 5.69 Å². The van der Waals surface area contributed by atoms with E-state index in [0.717, 1.165) is 18.5 Å². The number of amides is 2. The fourth-order valence-corrected chi connectivity index (χ4v) is 4.08. The lowest BCUT2D eigenvalue weighted by molar-refractivity contribution is -0.132. The summed E-state index contributed by atoms with van der Waals surface area (Å²) >= 11 is 0. The Bertz CT molecular complexity index is 1170. The van der Waals surface area contributed by atoms with Crippen molar-refractivity contribution in [2.24, 2.45) is 0 Å². The lowest BCUT2D eigenvalue weighted by Crippen LogP contribution is -2.51. The summed E-state index contributed by atoms with van der Waals surface area (Å²) in [6.45, 7) is 3.51. The second-order valence-corrected chi connectivity index (χ2v) is 8.26. The van der Waals surface area contributed by atoms with Crippen molar-refractivity contribution in [1.29, 1.82) is 0 Å². The molecule has 7 heteroatoms. The Balaban J connectivity index is 1.35. The van der Waals surface area contributed by atoms with E-state index >= 15 is 0 Å². The molecule has 2 aromatic carbocycles. The number of piperazine rings is 1. The molecule has 1 aliphatic rings. The molecule has 0 radical (unpaired) electrons. The predicted octanol–water partition coefficient (Wildman–Crippen LogP) is 2.85. The first-order chi connectivity index (χ1) is 16.0. The fourth-order valence-electron chi connectivity index (χ4n) is 4.08. The van der Waals surface area contributed by atoms with Gasteiger partial charge in [-0.05, 0) is 37.5 Å². The molecule has 0 saturated carbocycles. The average Bonchev–Trinajstić information content (AvgIpc) is 2.85. The van der Waals surface area contributed by atoms with Gasteiger partial charge in [-0.2, -0.15) is 5.10 Å². The molecule has 0 spiro atoms. The smallest absolute Gasteiger partial charge is 0.278 e. The number of aryl methyl sites for hydroxylation is 2. The highest BCUT2D eigenvalue weighted by atomic mass is 16.2. The molecule has 0 N–H and O–H groups in total. The van der Waals surface area contributed by atoms with Crippen LogP contribution in [0.1, 0.15) is 34.6 Å². The van der Waals surface area contributed by atoms with E-state index in [1.807, 2.05) is 48.5 Å². The highest BCUT2D eigenvalue weighted by Gasteiger charge is 2.27. The SMILES string of the molecule is Cc1cc(=O)c(C(=O)N2CCN(C(=O)CCCc3ccccc3)CC2)nn1-c1ccccc1. The van der Waals surface area contributed by atoms with E-state index in [9.17, 15) is 14.4 Å². The van der Waals surface area contributed by atoms with Crippen molar-refractivity contribution < 1.29 is 9.59 Å². The summed E-state index contributed by atoms with van der Waals surface area (Å²) in [4.78, 5) is 41.6. The van der Waals surface area contributed by atoms with E-state index in [1.165, 1.54) is 11.6 Å². The topological polar surface area (TPSA) is 75.5 Å². The number of para-hydroxylation sites is 1. The number of carbonyl (C=O) groups is 2. The molecule has 7 nitrogen and oxygen atoms in total. The first kappa shape index (κ1) is 22.5. The standard InChI is InChI=1S/C26H28N4O3/c1-20-19-23(31)25(27-30(20)22-12-6-3-7-13-22)26(33)29-17-15-28(16-18-29)24(32)14-8-11-21-9-4-2-5-10-21/h2-7,9-10,12-13,19H,8,11,14-18H2,1H3. The van der Waals surface area contributed by atoms with Crippen molar-refractivity contribution in [2.45, 2.75) is 26.2 Å². The van der Waals surface area contributed by atoms with Crippen LogP contribution in [0.2, 0.25) is 0 Å². The van der Waals surface area contributed by atoms with Crippen LogP contribution in [-0.4, -0.2) is 57.6 Å². The summed E-state index contributed by atoms with van der Waals surface area (Å²) in [6, 6.07) is 21.0. The first-order valence-corrected chi connectivity index (χ1v) is 11.3. The minimum absolute atomic E-state index is 0.0907. The summed E-state index contributed by atoms with van der Waals surface area (Å²) in [5.74, 6) is -0.279. The lowest BCUT2D eigenvalue weighted by atomic mass is 10.1. The van der Waals surface area contributed by atoms with Gasteiger partial charge in [0, 0.05) is 44.4 Å². The van der Waals surface area contributed by atoms with E-state index < -0.39 is 0 Å². The van der Waals surface area contributed by atoms with Gasteiger partial charge in [0.05, 0.1) is 5.69 Å². The third kappa shape index (κ3) is 5.37. The van der Waals surface area contributed by atoms with Crippen LogP contribution in [0.15, 0.2) is 71.5 Å². The summed E-state index contributed by atoms with van der Waals surface area (Å²) < 4.78 is 1.61. The third-order valence-electron chi connectivity index (χ3n) is 5.93. The quantitative estimate of drug-likeness (QED) is 0.586. The molecule has 170 valence electrons. The van der Waals surface area contributed by atoms with Crippen LogP contribution in [-0.2, 0) is 11.2 Å². The van der Waals surface area contributed by atoms with Crippen LogP contribution in [0.25, 0.3) is 5.69 Å². The van der Waals surface area contributed by atoms with Gasteiger partial charge in [-0.3, -0.25) is 14.4 Å². The average molecular weight is 445 g/mol. The van der Waals surface area contributed by atoms with Crippen molar-refractivity contribution in [3.05, 3.63) is 93.9 Å². The van der Waals surface area contributed by atoms with Crippen LogP contribution in [0.4, 0.5) is 0 Å². The largest absolute Gasteiger partial charge is 0.339 e. The zero-order valence-corrected chi connectivity index (χ0v) is 18.8. The molecule has 0 unspecified atom stereocenters. The number of aromatic nitrogens is 2. The summed E-state index contributed by atoms with van der Waals surface area (Å²) in [5, 5.41) is 4.37. The van der Waals surface area contributed by atoms with Crippen LogP contribution in [0.5, 0.6) is 0 Å². The molecule has 3 aromatic rings. The minimum Gasteiger partial charge on any atom is -0.339 e. The van der Waals surface area contributed by atoms with Crippen LogP contribution < -0.4 is 5.43 Å². The second-order valence-electron chi connectivity index (χ2n) is 8.26. The Morgan fingerprint density at radius 3 is 2.15 bits per heavy atom. The Labute approximate surface area is 193 Å². The molecule has 0 aliphatic carbocycles. The van der Waals surface area contributed by atoms with Gasteiger partial charge in [-0.25, -0.2) is 4.68 Å². The van der Waals surface area contributed by atoms with Gasteiger partial charge < -0.3 is 9.80 Å². The Hall–Kier alpha value is -3.74. The maximum absolute atomic E-state index is 13.1. The van der Waals surface area contributed by atoms with Gasteiger partial charge in [0.25, 0.3) is 5.91 Å². The lowest BCUT2D eigenvalue weighted by Gasteiger charge is -2.34. The Kier molecular flexibility index (Phi) is 6.98. The summed E-state index contributed by atoms with van der Waals surface area (Å²) in [5.41, 5.74) is 2.20. The molecule has 2 heterocycles. The molecule has 4 rings (SSSR count). The predicted molar refractivity (Wildman–Crippen MR) is 126 cm³/mol. The number of rotatable bonds is 6. The maximum Gasteiger partial charge on any atom is 0.278 e. The van der Waals surface area contributed by atoms with Gasteiger partial charge in [0.2, 0.25) is 11.3 Å². The zero-order chi connectivity index (χ0) is 23.2. The highest BCUT2D eigenvalue weighted by molar-refractivity contribution is 5.92. The molecule has 33 heavy (non-hydrogen) atoms. The van der Waals surface area contributed by atoms with E-state index in [1.54, 1.807) is 21.4 Å². The van der Waals surface area contributed by atoms with Crippen LogP contribution >= 0.6 is 0 Å². The highest BCUT2D eigenvalue weighted by Crippen LogP contribution is 2.12. The van der Waals surface area contributed by atoms with E-state index in [4.69, 9.17) is 0 Å². The Morgan fingerprint density at radius 2 is 1.48 bits per heavy atom. The molecular weight excluding hydrogens is 416 g/mol. The zero-order valence-electron chi connectivity index (χ0n) is 18.8. The van der Waals surface area contributed by atoms with Gasteiger partial charge in [-0.15, -0.1) is 0 Å². The molecule has 1 aliphatic heterocycles. The molecule has 2 amide bonds. The molecule has 1 saturated heterocycles. The van der Waals surface area contributed by atoms with Crippen LogP contribution in [0.3, 0.4) is 0 Å². The third-order valence-corrected chi connectivity index (χ3v) is 5.93. The second kappa shape index (κ2) is 10.3. The Morgan fingerprint density at radius 1 is 0.879 bits per heavy atom. The van der Waals surface area contributed by atoms with Crippen molar-refractivity contribution in [3.63, 3.8) is 0 Å². The van der Waals surface area contributed by atoms with Gasteiger partial charge in [0.1, 0.15) is 0 Å².